The van der Waals surface area contributed by atoms with Gasteiger partial charge in [0.1, 0.15) is 13.2 Å². The molecule has 0 aromatic carbocycles. The number of rotatable bonds is 67. The number of nitrogens with one attached hydrogen (secondary N) is 1. The number of quaternary nitrogens is 1. The van der Waals surface area contributed by atoms with E-state index < -0.39 is 20.0 Å². The molecule has 8 nitrogen and oxygen atoms in total. The summed E-state index contributed by atoms with van der Waals surface area (Å²) in [6, 6.07) is -0.757. The van der Waals surface area contributed by atoms with Crippen molar-refractivity contribution in [2.45, 2.75) is 398 Å². The zero-order valence-electron chi connectivity index (χ0n) is 53.7. The van der Waals surface area contributed by atoms with Gasteiger partial charge in [0.25, 0.3) is 0 Å². The molecule has 3 atom stereocenters. The van der Waals surface area contributed by atoms with Crippen molar-refractivity contribution in [1.82, 2.24) is 5.32 Å². The van der Waals surface area contributed by atoms with E-state index in [0.717, 1.165) is 38.5 Å². The number of phosphoric acid groups is 1. The van der Waals surface area contributed by atoms with Crippen LogP contribution in [0.25, 0.3) is 0 Å². The van der Waals surface area contributed by atoms with Crippen LogP contribution in [0, 0.1) is 0 Å². The molecule has 0 rings (SSSR count). The van der Waals surface area contributed by atoms with Gasteiger partial charge in [0.15, 0.2) is 0 Å². The molecule has 0 heterocycles. The molecule has 0 aromatic rings. The molecule has 78 heavy (non-hydrogen) atoms. The van der Waals surface area contributed by atoms with Crippen LogP contribution in [0.3, 0.4) is 0 Å². The number of hydrogen-bond acceptors (Lipinski definition) is 5. The van der Waals surface area contributed by atoms with Crippen LogP contribution < -0.4 is 5.32 Å². The van der Waals surface area contributed by atoms with Gasteiger partial charge in [0.05, 0.1) is 39.9 Å². The number of amides is 1. The van der Waals surface area contributed by atoms with Crippen LogP contribution in [0.15, 0.2) is 0 Å². The largest absolute Gasteiger partial charge is 0.472 e. The van der Waals surface area contributed by atoms with Gasteiger partial charge in [0.2, 0.25) is 5.91 Å². The highest BCUT2D eigenvalue weighted by Crippen LogP contribution is 2.43. The molecule has 3 unspecified atom stereocenters. The van der Waals surface area contributed by atoms with Crippen LogP contribution in [-0.4, -0.2) is 73.4 Å². The highest BCUT2D eigenvalue weighted by Gasteiger charge is 2.28. The maximum Gasteiger partial charge on any atom is 0.472 e. The second-order valence-corrected chi connectivity index (χ2v) is 27.4. The number of unbranched alkanes of at least 4 members (excludes halogenated alkanes) is 54. The van der Waals surface area contributed by atoms with Gasteiger partial charge >= 0.3 is 7.82 Å². The van der Waals surface area contributed by atoms with Crippen molar-refractivity contribution in [2.75, 3.05) is 40.9 Å². The van der Waals surface area contributed by atoms with E-state index in [9.17, 15) is 19.4 Å². The smallest absolute Gasteiger partial charge is 0.391 e. The van der Waals surface area contributed by atoms with Crippen molar-refractivity contribution in [3.8, 4) is 0 Å². The molecule has 0 saturated heterocycles. The summed E-state index contributed by atoms with van der Waals surface area (Å²) in [4.78, 5) is 23.4. The zero-order valence-corrected chi connectivity index (χ0v) is 54.6. The van der Waals surface area contributed by atoms with Crippen LogP contribution in [-0.2, 0) is 18.4 Å². The second kappa shape index (κ2) is 61.1. The Labute approximate surface area is 489 Å². The summed E-state index contributed by atoms with van der Waals surface area (Å²) in [6.45, 7) is 4.97. The molecule has 0 aromatic heterocycles. The van der Waals surface area contributed by atoms with E-state index in [1.54, 1.807) is 0 Å². The molecule has 0 fully saturated rings. The number of aliphatic hydroxyl groups is 1. The third-order valence-electron chi connectivity index (χ3n) is 16.9. The van der Waals surface area contributed by atoms with E-state index in [4.69, 9.17) is 9.05 Å². The third-order valence-corrected chi connectivity index (χ3v) is 17.8. The lowest BCUT2D eigenvalue weighted by atomic mass is 10.0. The number of phosphoric ester groups is 1. The first kappa shape index (κ1) is 77.5. The molecule has 0 aliphatic heterocycles. The minimum Gasteiger partial charge on any atom is -0.391 e. The standard InChI is InChI=1S/C69H141N2O6P/c1-6-8-10-12-14-16-18-20-22-24-26-28-30-31-32-33-34-35-36-37-38-39-41-42-44-46-48-50-52-54-56-58-60-62-68(72)67(66-77-78(74,75)76-65-64-71(3,4)5)70-69(73)63-61-59-57-55-53-51-49-47-45-43-40-29-27-25-23-21-19-17-15-13-11-9-7-2/h67-68,72H,6-66H2,1-5H3,(H-,70,73,74,75)/p+1. The van der Waals surface area contributed by atoms with E-state index in [2.05, 4.69) is 19.2 Å². The Morgan fingerprint density at radius 1 is 0.385 bits per heavy atom. The van der Waals surface area contributed by atoms with Crippen LogP contribution in [0.5, 0.6) is 0 Å². The molecule has 0 spiro atoms. The van der Waals surface area contributed by atoms with Gasteiger partial charge in [-0.3, -0.25) is 13.8 Å². The summed E-state index contributed by atoms with van der Waals surface area (Å²) < 4.78 is 23.9. The lowest BCUT2D eigenvalue weighted by Gasteiger charge is -2.26. The second-order valence-electron chi connectivity index (χ2n) is 26.0. The fourth-order valence-corrected chi connectivity index (χ4v) is 12.1. The van der Waals surface area contributed by atoms with Gasteiger partial charge < -0.3 is 19.8 Å². The van der Waals surface area contributed by atoms with Gasteiger partial charge in [-0.25, -0.2) is 4.57 Å². The Balaban J connectivity index is 3.96. The van der Waals surface area contributed by atoms with Crippen LogP contribution in [0.2, 0.25) is 0 Å². The summed E-state index contributed by atoms with van der Waals surface area (Å²) in [7, 11) is 1.64. The lowest BCUT2D eigenvalue weighted by Crippen LogP contribution is -2.46. The molecule has 0 aliphatic rings. The molecule has 1 amide bonds. The van der Waals surface area contributed by atoms with Crippen LogP contribution in [0.4, 0.5) is 0 Å². The van der Waals surface area contributed by atoms with Crippen molar-refractivity contribution < 1.29 is 32.9 Å². The van der Waals surface area contributed by atoms with Gasteiger partial charge in [-0.2, -0.15) is 0 Å². The first-order chi connectivity index (χ1) is 38.0. The molecule has 468 valence electrons. The molecule has 9 heteroatoms. The predicted octanol–water partition coefficient (Wildman–Crippen LogP) is 22.3. The SMILES string of the molecule is CCCCCCCCCCCCCCCCCCCCCCCCCCCCCCCCCCCC(O)C(COP(=O)(O)OCC[N+](C)(C)C)NC(=O)CCCCCCCCCCCCCCCCCCCCCCCCC. The van der Waals surface area contributed by atoms with E-state index in [0.29, 0.717) is 23.9 Å². The summed E-state index contributed by atoms with van der Waals surface area (Å²) in [5.41, 5.74) is 0. The van der Waals surface area contributed by atoms with Gasteiger partial charge in [0, 0.05) is 6.42 Å². The zero-order chi connectivity index (χ0) is 57.0. The number of likely N-dealkylation sites (N-methyl/N-ethyl adjacent to an activating group) is 1. The highest BCUT2D eigenvalue weighted by atomic mass is 31.2. The predicted molar refractivity (Wildman–Crippen MR) is 342 cm³/mol. The molecule has 3 N–H and O–H groups in total. The van der Waals surface area contributed by atoms with Crippen molar-refractivity contribution in [3.05, 3.63) is 0 Å². The fraction of sp³-hybridized carbons (Fsp3) is 0.986. The Kier molecular flexibility index (Phi) is 60.7. The Hall–Kier alpha value is -0.500. The lowest BCUT2D eigenvalue weighted by molar-refractivity contribution is -0.870. The maximum atomic E-state index is 13.1. The molecule has 0 radical (unpaired) electrons. The minimum atomic E-state index is -4.32. The average Bonchev–Trinajstić information content (AvgIpc) is 3.41. The topological polar surface area (TPSA) is 105 Å². The molecular formula is C69H142N2O6P+. The highest BCUT2D eigenvalue weighted by molar-refractivity contribution is 7.47. The van der Waals surface area contributed by atoms with Crippen LogP contribution >= 0.6 is 7.82 Å². The quantitative estimate of drug-likeness (QED) is 0.0318. The van der Waals surface area contributed by atoms with Gasteiger partial charge in [-0.05, 0) is 12.8 Å². The monoisotopic (exact) mass is 1130 g/mol. The Morgan fingerprint density at radius 2 is 0.615 bits per heavy atom. The van der Waals surface area contributed by atoms with Crippen molar-refractivity contribution >= 4 is 13.7 Å². The van der Waals surface area contributed by atoms with E-state index >= 15 is 0 Å². The Bertz CT molecular complexity index is 1230. The fourth-order valence-electron chi connectivity index (χ4n) is 11.3. The van der Waals surface area contributed by atoms with Crippen LogP contribution in [0.1, 0.15) is 386 Å². The number of nitrogens with zero attached hydrogens (tertiary/aromatic N) is 1. The Morgan fingerprint density at radius 3 is 0.859 bits per heavy atom. The average molecular weight is 1130 g/mol. The normalized spacial score (nSPS) is 13.6. The first-order valence-corrected chi connectivity index (χ1v) is 36.9. The molecule has 0 saturated carbocycles. The third kappa shape index (κ3) is 63.1. The van der Waals surface area contributed by atoms with Crippen molar-refractivity contribution in [2.24, 2.45) is 0 Å². The van der Waals surface area contributed by atoms with Crippen molar-refractivity contribution in [3.63, 3.8) is 0 Å². The summed E-state index contributed by atoms with van der Waals surface area (Å²) in [6.07, 6.45) is 76.4. The van der Waals surface area contributed by atoms with Crippen molar-refractivity contribution in [1.29, 1.82) is 0 Å². The molecule has 0 aliphatic carbocycles. The number of carbonyl (C=O) groups is 1. The number of hydrogen-bond donors (Lipinski definition) is 3. The first-order valence-electron chi connectivity index (χ1n) is 35.4. The number of carbonyl (C=O) groups excluding carboxylic acids is 1. The summed E-state index contributed by atoms with van der Waals surface area (Å²) >= 11 is 0. The maximum absolute atomic E-state index is 13.1. The summed E-state index contributed by atoms with van der Waals surface area (Å²) in [5.74, 6) is -0.133. The van der Waals surface area contributed by atoms with E-state index in [1.165, 1.54) is 321 Å². The van der Waals surface area contributed by atoms with E-state index in [1.807, 2.05) is 21.1 Å². The molecule has 0 bridgehead atoms. The number of aliphatic hydroxyl groups excluding tert-OH is 1. The molecular weight excluding hydrogens is 984 g/mol. The minimum absolute atomic E-state index is 0.0795. The van der Waals surface area contributed by atoms with Gasteiger partial charge in [-0.15, -0.1) is 0 Å². The summed E-state index contributed by atoms with van der Waals surface area (Å²) in [5, 5.41) is 14.2. The van der Waals surface area contributed by atoms with Gasteiger partial charge in [-0.1, -0.05) is 367 Å². The van der Waals surface area contributed by atoms with E-state index in [-0.39, 0.29) is 19.1 Å².